The number of rotatable bonds is 8. The van der Waals surface area contributed by atoms with Gasteiger partial charge in [0.05, 0.1) is 6.07 Å². The average molecular weight is 380 g/mol. The predicted octanol–water partition coefficient (Wildman–Crippen LogP) is 8.05. The lowest BCUT2D eigenvalue weighted by molar-refractivity contribution is 0.189. The predicted molar refractivity (Wildman–Crippen MR) is 119 cm³/mol. The minimum atomic E-state index is 0.317. The molecule has 0 heterocycles. The fourth-order valence-corrected chi connectivity index (χ4v) is 5.97. The second kappa shape index (κ2) is 11.0. The lowest BCUT2D eigenvalue weighted by Crippen LogP contribution is -2.24. The number of aryl methyl sites for hydroxylation is 1. The Morgan fingerprint density at radius 1 is 0.857 bits per heavy atom. The molecule has 1 nitrogen and oxygen atoms in total. The zero-order chi connectivity index (χ0) is 19.8. The van der Waals surface area contributed by atoms with E-state index in [1.807, 2.05) is 0 Å². The zero-order valence-electron chi connectivity index (χ0n) is 18.3. The normalized spacial score (nSPS) is 29.2. The van der Waals surface area contributed by atoms with E-state index in [4.69, 9.17) is 0 Å². The van der Waals surface area contributed by atoms with Crippen LogP contribution in [-0.2, 0) is 6.42 Å². The van der Waals surface area contributed by atoms with Gasteiger partial charge in [0.2, 0.25) is 0 Å². The molecule has 0 spiro atoms. The molecule has 0 bridgehead atoms. The van der Waals surface area contributed by atoms with E-state index in [0.717, 1.165) is 17.8 Å². The van der Waals surface area contributed by atoms with Gasteiger partial charge < -0.3 is 0 Å². The van der Waals surface area contributed by atoms with Gasteiger partial charge in [0.1, 0.15) is 0 Å². The second-order valence-electron chi connectivity index (χ2n) is 9.75. The molecule has 28 heavy (non-hydrogen) atoms. The molecule has 3 rings (SSSR count). The topological polar surface area (TPSA) is 23.8 Å². The van der Waals surface area contributed by atoms with Crippen molar-refractivity contribution in [1.82, 2.24) is 0 Å². The van der Waals surface area contributed by atoms with Crippen molar-refractivity contribution >= 4 is 0 Å². The van der Waals surface area contributed by atoms with Gasteiger partial charge in [0, 0.05) is 5.92 Å². The summed E-state index contributed by atoms with van der Waals surface area (Å²) in [4.78, 5) is 0. The average Bonchev–Trinajstić information content (AvgIpc) is 2.74. The van der Waals surface area contributed by atoms with Crippen LogP contribution >= 0.6 is 0 Å². The van der Waals surface area contributed by atoms with Crippen LogP contribution < -0.4 is 0 Å². The SMILES string of the molecule is CCCc1ccc(C2CCC(CC(C#N)C3CCC(CCC)CC3)CC2)cc1. The molecule has 1 unspecified atom stereocenters. The Kier molecular flexibility index (Phi) is 8.44. The lowest BCUT2D eigenvalue weighted by atomic mass is 9.70. The molecule has 0 amide bonds. The summed E-state index contributed by atoms with van der Waals surface area (Å²) in [5, 5.41) is 9.83. The van der Waals surface area contributed by atoms with Crippen LogP contribution in [0.1, 0.15) is 108 Å². The monoisotopic (exact) mass is 379 g/mol. The van der Waals surface area contributed by atoms with Crippen molar-refractivity contribution in [2.75, 3.05) is 0 Å². The second-order valence-corrected chi connectivity index (χ2v) is 9.75. The Morgan fingerprint density at radius 2 is 1.50 bits per heavy atom. The molecule has 1 aromatic rings. The number of hydrogen-bond donors (Lipinski definition) is 0. The molecule has 0 saturated heterocycles. The van der Waals surface area contributed by atoms with E-state index in [1.165, 1.54) is 89.0 Å². The van der Waals surface area contributed by atoms with E-state index in [2.05, 4.69) is 44.2 Å². The third-order valence-corrected chi connectivity index (χ3v) is 7.75. The van der Waals surface area contributed by atoms with Crippen molar-refractivity contribution in [1.29, 1.82) is 5.26 Å². The highest BCUT2D eigenvalue weighted by Crippen LogP contribution is 2.42. The number of hydrogen-bond acceptors (Lipinski definition) is 1. The summed E-state index contributed by atoms with van der Waals surface area (Å²) in [6, 6.07) is 12.2. The van der Waals surface area contributed by atoms with Gasteiger partial charge in [0.25, 0.3) is 0 Å². The minimum Gasteiger partial charge on any atom is -0.198 e. The lowest BCUT2D eigenvalue weighted by Gasteiger charge is -2.34. The van der Waals surface area contributed by atoms with E-state index in [9.17, 15) is 5.26 Å². The number of nitriles is 1. The van der Waals surface area contributed by atoms with Gasteiger partial charge in [-0.05, 0) is 86.2 Å². The van der Waals surface area contributed by atoms with Gasteiger partial charge in [-0.25, -0.2) is 0 Å². The highest BCUT2D eigenvalue weighted by Gasteiger charge is 2.31. The van der Waals surface area contributed by atoms with Gasteiger partial charge in [0.15, 0.2) is 0 Å². The van der Waals surface area contributed by atoms with E-state index < -0.39 is 0 Å². The van der Waals surface area contributed by atoms with Crippen LogP contribution in [0.2, 0.25) is 0 Å². The van der Waals surface area contributed by atoms with Crippen molar-refractivity contribution in [3.05, 3.63) is 35.4 Å². The Bertz CT molecular complexity index is 594. The van der Waals surface area contributed by atoms with Gasteiger partial charge in [-0.3, -0.25) is 0 Å². The van der Waals surface area contributed by atoms with Gasteiger partial charge in [-0.15, -0.1) is 0 Å². The number of benzene rings is 1. The zero-order valence-corrected chi connectivity index (χ0v) is 18.3. The molecule has 0 radical (unpaired) electrons. The first-order valence-corrected chi connectivity index (χ1v) is 12.2. The maximum absolute atomic E-state index is 9.83. The Morgan fingerprint density at radius 3 is 2.07 bits per heavy atom. The fourth-order valence-electron chi connectivity index (χ4n) is 5.97. The molecular formula is C27H41N. The summed E-state index contributed by atoms with van der Waals surface area (Å²) in [6.45, 7) is 4.56. The highest BCUT2D eigenvalue weighted by molar-refractivity contribution is 5.26. The molecule has 2 aliphatic carbocycles. The molecular weight excluding hydrogens is 338 g/mol. The van der Waals surface area contributed by atoms with Crippen molar-refractivity contribution in [3.63, 3.8) is 0 Å². The Labute approximate surface area is 173 Å². The van der Waals surface area contributed by atoms with Gasteiger partial charge >= 0.3 is 0 Å². The van der Waals surface area contributed by atoms with Gasteiger partial charge in [-0.1, -0.05) is 70.2 Å². The van der Waals surface area contributed by atoms with Crippen molar-refractivity contribution in [2.45, 2.75) is 103 Å². The summed E-state index contributed by atoms with van der Waals surface area (Å²) in [7, 11) is 0. The molecule has 2 fully saturated rings. The molecule has 0 aromatic heterocycles. The summed E-state index contributed by atoms with van der Waals surface area (Å²) >= 11 is 0. The minimum absolute atomic E-state index is 0.317. The summed E-state index contributed by atoms with van der Waals surface area (Å²) in [5.41, 5.74) is 3.02. The molecule has 0 aliphatic heterocycles. The molecule has 1 aromatic carbocycles. The van der Waals surface area contributed by atoms with Crippen molar-refractivity contribution < 1.29 is 0 Å². The van der Waals surface area contributed by atoms with Crippen LogP contribution in [0.3, 0.4) is 0 Å². The smallest absolute Gasteiger partial charge is 0.0658 e. The maximum atomic E-state index is 9.83. The Hall–Kier alpha value is -1.29. The molecule has 0 N–H and O–H groups in total. The fraction of sp³-hybridized carbons (Fsp3) is 0.741. The third kappa shape index (κ3) is 5.85. The summed E-state index contributed by atoms with van der Waals surface area (Å²) in [6.07, 6.45) is 17.0. The van der Waals surface area contributed by atoms with Crippen LogP contribution in [0.25, 0.3) is 0 Å². The molecule has 1 atom stereocenters. The molecule has 2 aliphatic rings. The first-order valence-electron chi connectivity index (χ1n) is 12.2. The van der Waals surface area contributed by atoms with Gasteiger partial charge in [-0.2, -0.15) is 5.26 Å². The standard InChI is InChI=1S/C27H41N/c1-3-5-21-7-13-24(14-8-21)25-17-11-23(12-18-25)19-27(20-28)26-15-9-22(6-4-2)10-16-26/h7-8,13-14,22-23,25-27H,3-6,9-12,15-19H2,1-2H3. The largest absolute Gasteiger partial charge is 0.198 e. The van der Waals surface area contributed by atoms with Crippen LogP contribution in [0.15, 0.2) is 24.3 Å². The molecule has 154 valence electrons. The van der Waals surface area contributed by atoms with Crippen molar-refractivity contribution in [3.8, 4) is 6.07 Å². The summed E-state index contributed by atoms with van der Waals surface area (Å²) in [5.74, 6) is 3.48. The molecule has 2 saturated carbocycles. The highest BCUT2D eigenvalue weighted by atomic mass is 14.4. The van der Waals surface area contributed by atoms with Crippen LogP contribution in [0.4, 0.5) is 0 Å². The Balaban J connectivity index is 1.44. The van der Waals surface area contributed by atoms with Crippen LogP contribution in [0, 0.1) is 35.0 Å². The first-order chi connectivity index (χ1) is 13.7. The van der Waals surface area contributed by atoms with E-state index in [-0.39, 0.29) is 0 Å². The third-order valence-electron chi connectivity index (χ3n) is 7.75. The quantitative estimate of drug-likeness (QED) is 0.448. The van der Waals surface area contributed by atoms with Crippen LogP contribution in [-0.4, -0.2) is 0 Å². The summed E-state index contributed by atoms with van der Waals surface area (Å²) < 4.78 is 0. The van der Waals surface area contributed by atoms with E-state index in [0.29, 0.717) is 11.8 Å². The van der Waals surface area contributed by atoms with Crippen LogP contribution in [0.5, 0.6) is 0 Å². The van der Waals surface area contributed by atoms with Crippen molar-refractivity contribution in [2.24, 2.45) is 23.7 Å². The first kappa shape index (κ1) is 21.4. The van der Waals surface area contributed by atoms with E-state index >= 15 is 0 Å². The van der Waals surface area contributed by atoms with E-state index in [1.54, 1.807) is 5.56 Å². The maximum Gasteiger partial charge on any atom is 0.0658 e. The number of nitrogens with zero attached hydrogens (tertiary/aromatic N) is 1. The molecule has 1 heteroatoms.